The number of rotatable bonds is 4. The van der Waals surface area contributed by atoms with Gasteiger partial charge in [-0.3, -0.25) is 0 Å². The maximum absolute atomic E-state index is 5.63. The Balaban J connectivity index is 2.25. The summed E-state index contributed by atoms with van der Waals surface area (Å²) in [6.07, 6.45) is 1.69. The predicted molar refractivity (Wildman–Crippen MR) is 75.2 cm³/mol. The highest BCUT2D eigenvalue weighted by molar-refractivity contribution is 9.10. The predicted octanol–water partition coefficient (Wildman–Crippen LogP) is 2.91. The molecule has 0 aliphatic rings. The fourth-order valence-electron chi connectivity index (χ4n) is 1.52. The van der Waals surface area contributed by atoms with Crippen LogP contribution in [0.5, 0.6) is 0 Å². The van der Waals surface area contributed by atoms with Gasteiger partial charge in [-0.25, -0.2) is 4.98 Å². The monoisotopic (exact) mass is 312 g/mol. The Bertz CT molecular complexity index is 486. The van der Waals surface area contributed by atoms with Crippen molar-refractivity contribution >= 4 is 39.0 Å². The van der Waals surface area contributed by atoms with Gasteiger partial charge in [0.2, 0.25) is 5.95 Å². The molecule has 4 nitrogen and oxygen atoms in total. The molecule has 2 heterocycles. The molecular weight excluding hydrogens is 300 g/mol. The molecule has 0 amide bonds. The first kappa shape index (κ1) is 12.3. The second kappa shape index (κ2) is 5.46. The van der Waals surface area contributed by atoms with Crippen molar-refractivity contribution in [1.29, 1.82) is 0 Å². The summed E-state index contributed by atoms with van der Waals surface area (Å²) in [6.45, 7) is 3.80. The van der Waals surface area contributed by atoms with E-state index in [0.29, 0.717) is 5.95 Å². The van der Waals surface area contributed by atoms with Gasteiger partial charge in [0.25, 0.3) is 0 Å². The van der Waals surface area contributed by atoms with E-state index in [2.05, 4.69) is 55.2 Å². The van der Waals surface area contributed by atoms with Crippen LogP contribution in [-0.2, 0) is 6.54 Å². The van der Waals surface area contributed by atoms with Crippen molar-refractivity contribution in [3.63, 3.8) is 0 Å². The molecule has 0 fully saturated rings. The first-order valence-electron chi connectivity index (χ1n) is 5.26. The van der Waals surface area contributed by atoms with Crippen molar-refractivity contribution in [3.8, 4) is 0 Å². The smallest absolute Gasteiger partial charge is 0.222 e. The van der Waals surface area contributed by atoms with Gasteiger partial charge in [0.15, 0.2) is 0 Å². The van der Waals surface area contributed by atoms with Crippen LogP contribution in [0, 0.1) is 0 Å². The standard InChI is InChI=1S/C11H13BrN4S/c1-2-16(7-8-4-3-5-17-8)10-9(12)6-14-11(13)15-10/h3-6H,2,7H2,1H3,(H2,13,14,15). The van der Waals surface area contributed by atoms with Crippen LogP contribution >= 0.6 is 27.3 Å². The van der Waals surface area contributed by atoms with E-state index < -0.39 is 0 Å². The number of thiophene rings is 1. The number of nitrogens with two attached hydrogens (primary N) is 1. The van der Waals surface area contributed by atoms with Crippen molar-refractivity contribution in [2.24, 2.45) is 0 Å². The van der Waals surface area contributed by atoms with Crippen molar-refractivity contribution < 1.29 is 0 Å². The normalized spacial score (nSPS) is 10.5. The highest BCUT2D eigenvalue weighted by Crippen LogP contribution is 2.25. The minimum Gasteiger partial charge on any atom is -0.368 e. The first-order valence-corrected chi connectivity index (χ1v) is 6.93. The topological polar surface area (TPSA) is 55.0 Å². The second-order valence-corrected chi connectivity index (χ2v) is 5.38. The van der Waals surface area contributed by atoms with Gasteiger partial charge in [-0.15, -0.1) is 11.3 Å². The highest BCUT2D eigenvalue weighted by Gasteiger charge is 2.12. The Morgan fingerprint density at radius 3 is 3.00 bits per heavy atom. The number of nitrogen functional groups attached to an aromatic ring is 1. The van der Waals surface area contributed by atoms with Crippen LogP contribution in [0.4, 0.5) is 11.8 Å². The third-order valence-corrected chi connectivity index (χ3v) is 3.77. The lowest BCUT2D eigenvalue weighted by atomic mass is 10.4. The van der Waals surface area contributed by atoms with Gasteiger partial charge in [0.1, 0.15) is 5.82 Å². The molecule has 0 atom stereocenters. The number of hydrogen-bond acceptors (Lipinski definition) is 5. The number of halogens is 1. The number of anilines is 2. The van der Waals surface area contributed by atoms with Gasteiger partial charge >= 0.3 is 0 Å². The van der Waals surface area contributed by atoms with E-state index in [1.54, 1.807) is 17.5 Å². The fourth-order valence-corrected chi connectivity index (χ4v) is 2.68. The van der Waals surface area contributed by atoms with Crippen LogP contribution in [0.1, 0.15) is 11.8 Å². The van der Waals surface area contributed by atoms with E-state index in [9.17, 15) is 0 Å². The molecule has 2 rings (SSSR count). The molecule has 0 saturated carbocycles. The summed E-state index contributed by atoms with van der Waals surface area (Å²) in [4.78, 5) is 11.7. The van der Waals surface area contributed by atoms with E-state index in [4.69, 9.17) is 5.73 Å². The minimum absolute atomic E-state index is 0.299. The third kappa shape index (κ3) is 2.95. The highest BCUT2D eigenvalue weighted by atomic mass is 79.9. The van der Waals surface area contributed by atoms with Crippen LogP contribution in [-0.4, -0.2) is 16.5 Å². The number of nitrogens with zero attached hydrogens (tertiary/aromatic N) is 3. The molecule has 0 aliphatic carbocycles. The average molecular weight is 313 g/mol. The summed E-state index contributed by atoms with van der Waals surface area (Å²) < 4.78 is 0.866. The van der Waals surface area contributed by atoms with E-state index in [1.807, 2.05) is 0 Å². The molecule has 0 aromatic carbocycles. The summed E-state index contributed by atoms with van der Waals surface area (Å²) in [6, 6.07) is 4.17. The number of hydrogen-bond donors (Lipinski definition) is 1. The maximum Gasteiger partial charge on any atom is 0.222 e. The zero-order valence-electron chi connectivity index (χ0n) is 9.43. The average Bonchev–Trinajstić information content (AvgIpc) is 2.82. The fraction of sp³-hybridized carbons (Fsp3) is 0.273. The minimum atomic E-state index is 0.299. The van der Waals surface area contributed by atoms with Crippen molar-refractivity contribution in [2.45, 2.75) is 13.5 Å². The Morgan fingerprint density at radius 1 is 1.53 bits per heavy atom. The zero-order chi connectivity index (χ0) is 12.3. The lowest BCUT2D eigenvalue weighted by Gasteiger charge is -2.22. The summed E-state index contributed by atoms with van der Waals surface area (Å²) in [5.74, 6) is 1.14. The van der Waals surface area contributed by atoms with Gasteiger partial charge in [-0.05, 0) is 34.3 Å². The van der Waals surface area contributed by atoms with Crippen LogP contribution in [0.25, 0.3) is 0 Å². The van der Waals surface area contributed by atoms with Crippen LogP contribution in [0.3, 0.4) is 0 Å². The van der Waals surface area contributed by atoms with Gasteiger partial charge in [0, 0.05) is 17.6 Å². The quantitative estimate of drug-likeness (QED) is 0.943. The zero-order valence-corrected chi connectivity index (χ0v) is 11.8. The summed E-state index contributed by atoms with van der Waals surface area (Å²) in [5.41, 5.74) is 5.63. The summed E-state index contributed by atoms with van der Waals surface area (Å²) in [5, 5.41) is 2.08. The van der Waals surface area contributed by atoms with Crippen LogP contribution < -0.4 is 10.6 Å². The molecule has 17 heavy (non-hydrogen) atoms. The maximum atomic E-state index is 5.63. The van der Waals surface area contributed by atoms with E-state index in [1.165, 1.54) is 4.88 Å². The molecule has 2 N–H and O–H groups in total. The molecule has 0 unspecified atom stereocenters. The van der Waals surface area contributed by atoms with Gasteiger partial charge < -0.3 is 10.6 Å². The molecule has 2 aromatic heterocycles. The van der Waals surface area contributed by atoms with Crippen LogP contribution in [0.2, 0.25) is 0 Å². The Kier molecular flexibility index (Phi) is 3.96. The SMILES string of the molecule is CCN(Cc1cccs1)c1nc(N)ncc1Br. The molecular formula is C11H13BrN4S. The third-order valence-electron chi connectivity index (χ3n) is 2.35. The lowest BCUT2D eigenvalue weighted by molar-refractivity contribution is 0.817. The second-order valence-electron chi connectivity index (χ2n) is 3.49. The molecule has 6 heteroatoms. The molecule has 0 bridgehead atoms. The largest absolute Gasteiger partial charge is 0.368 e. The first-order chi connectivity index (χ1) is 8.20. The molecule has 2 aromatic rings. The summed E-state index contributed by atoms with van der Waals surface area (Å²) in [7, 11) is 0. The van der Waals surface area contributed by atoms with Crippen molar-refractivity contribution in [2.75, 3.05) is 17.2 Å². The Hall–Kier alpha value is -1.14. The van der Waals surface area contributed by atoms with Crippen molar-refractivity contribution in [1.82, 2.24) is 9.97 Å². The van der Waals surface area contributed by atoms with E-state index in [0.717, 1.165) is 23.4 Å². The Morgan fingerprint density at radius 2 is 2.35 bits per heavy atom. The molecule has 0 aliphatic heterocycles. The lowest BCUT2D eigenvalue weighted by Crippen LogP contribution is -2.23. The summed E-state index contributed by atoms with van der Waals surface area (Å²) >= 11 is 5.20. The van der Waals surface area contributed by atoms with E-state index >= 15 is 0 Å². The van der Waals surface area contributed by atoms with Crippen molar-refractivity contribution in [3.05, 3.63) is 33.1 Å². The Labute approximate surface area is 113 Å². The molecule has 90 valence electrons. The van der Waals surface area contributed by atoms with Gasteiger partial charge in [-0.2, -0.15) is 4.98 Å². The van der Waals surface area contributed by atoms with Crippen LogP contribution in [0.15, 0.2) is 28.2 Å². The molecule has 0 radical (unpaired) electrons. The van der Waals surface area contributed by atoms with Gasteiger partial charge in [-0.1, -0.05) is 6.07 Å². The molecule has 0 spiro atoms. The number of aromatic nitrogens is 2. The molecule has 0 saturated heterocycles. The van der Waals surface area contributed by atoms with Gasteiger partial charge in [0.05, 0.1) is 11.0 Å². The van der Waals surface area contributed by atoms with E-state index in [-0.39, 0.29) is 0 Å².